The Labute approximate surface area is 64.3 Å². The number of hydrogen-bond donors (Lipinski definition) is 0. The standard InChI is InChI=1S/C8H7FN2/c1-6-4-7(2-3-10)5-8(9)11-6/h4-5H,2H2,1H3. The quantitative estimate of drug-likeness (QED) is 0.570. The van der Waals surface area contributed by atoms with Gasteiger partial charge in [-0.3, -0.25) is 0 Å². The van der Waals surface area contributed by atoms with E-state index in [2.05, 4.69) is 4.98 Å². The molecule has 1 aromatic rings. The van der Waals surface area contributed by atoms with E-state index in [1.165, 1.54) is 6.07 Å². The van der Waals surface area contributed by atoms with Crippen LogP contribution in [0, 0.1) is 24.2 Å². The molecule has 1 aromatic heterocycles. The van der Waals surface area contributed by atoms with Crippen LogP contribution in [0.25, 0.3) is 0 Å². The van der Waals surface area contributed by atoms with Gasteiger partial charge in [0.2, 0.25) is 5.95 Å². The van der Waals surface area contributed by atoms with Crippen LogP contribution >= 0.6 is 0 Å². The first-order valence-corrected chi connectivity index (χ1v) is 3.22. The fraction of sp³-hybridized carbons (Fsp3) is 0.250. The van der Waals surface area contributed by atoms with E-state index in [1.54, 1.807) is 13.0 Å². The van der Waals surface area contributed by atoms with Gasteiger partial charge in [-0.2, -0.15) is 9.65 Å². The third-order valence-corrected chi connectivity index (χ3v) is 1.27. The zero-order valence-corrected chi connectivity index (χ0v) is 6.13. The maximum Gasteiger partial charge on any atom is 0.213 e. The molecule has 0 spiro atoms. The molecule has 0 bridgehead atoms. The van der Waals surface area contributed by atoms with E-state index in [0.717, 1.165) is 0 Å². The molecule has 0 aromatic carbocycles. The molecule has 0 fully saturated rings. The second-order valence-corrected chi connectivity index (χ2v) is 2.27. The maximum absolute atomic E-state index is 12.5. The summed E-state index contributed by atoms with van der Waals surface area (Å²) in [5.74, 6) is -0.518. The molecule has 0 aliphatic carbocycles. The van der Waals surface area contributed by atoms with Crippen LogP contribution in [0.5, 0.6) is 0 Å². The summed E-state index contributed by atoms with van der Waals surface area (Å²) in [6.45, 7) is 1.70. The fourth-order valence-corrected chi connectivity index (χ4v) is 0.889. The Morgan fingerprint density at radius 1 is 1.64 bits per heavy atom. The number of halogens is 1. The number of hydrogen-bond acceptors (Lipinski definition) is 2. The van der Waals surface area contributed by atoms with Crippen molar-refractivity contribution in [2.24, 2.45) is 0 Å². The van der Waals surface area contributed by atoms with Gasteiger partial charge in [-0.05, 0) is 24.6 Å². The molecule has 0 radical (unpaired) electrons. The van der Waals surface area contributed by atoms with E-state index in [1.807, 2.05) is 6.07 Å². The van der Waals surface area contributed by atoms with Gasteiger partial charge >= 0.3 is 0 Å². The molecular weight excluding hydrogens is 143 g/mol. The molecular formula is C8H7FN2. The molecule has 0 saturated carbocycles. The summed E-state index contributed by atoms with van der Waals surface area (Å²) in [5, 5.41) is 8.31. The number of aromatic nitrogens is 1. The summed E-state index contributed by atoms with van der Waals surface area (Å²) >= 11 is 0. The first-order valence-electron chi connectivity index (χ1n) is 3.22. The summed E-state index contributed by atoms with van der Waals surface area (Å²) in [5.41, 5.74) is 1.28. The van der Waals surface area contributed by atoms with E-state index >= 15 is 0 Å². The normalized spacial score (nSPS) is 9.18. The Hall–Kier alpha value is -1.43. The van der Waals surface area contributed by atoms with Crippen molar-refractivity contribution in [2.45, 2.75) is 13.3 Å². The predicted molar refractivity (Wildman–Crippen MR) is 38.2 cm³/mol. The van der Waals surface area contributed by atoms with Crippen LogP contribution in [0.2, 0.25) is 0 Å². The van der Waals surface area contributed by atoms with E-state index in [4.69, 9.17) is 5.26 Å². The van der Waals surface area contributed by atoms with Gasteiger partial charge in [0.25, 0.3) is 0 Å². The van der Waals surface area contributed by atoms with Crippen LogP contribution in [0.15, 0.2) is 12.1 Å². The SMILES string of the molecule is Cc1cc(CC#N)cc(F)n1. The van der Waals surface area contributed by atoms with Gasteiger partial charge in [0.05, 0.1) is 12.5 Å². The average Bonchev–Trinajstić information content (AvgIpc) is 1.85. The number of nitriles is 1. The van der Waals surface area contributed by atoms with Crippen LogP contribution in [-0.2, 0) is 6.42 Å². The molecule has 0 unspecified atom stereocenters. The van der Waals surface area contributed by atoms with E-state index < -0.39 is 5.95 Å². The molecule has 0 N–H and O–H groups in total. The molecule has 0 amide bonds. The molecule has 0 atom stereocenters. The highest BCUT2D eigenvalue weighted by molar-refractivity contribution is 5.19. The highest BCUT2D eigenvalue weighted by Gasteiger charge is 1.97. The monoisotopic (exact) mass is 150 g/mol. The Morgan fingerprint density at radius 2 is 2.36 bits per heavy atom. The van der Waals surface area contributed by atoms with Crippen molar-refractivity contribution in [1.29, 1.82) is 5.26 Å². The van der Waals surface area contributed by atoms with Crippen LogP contribution in [0.3, 0.4) is 0 Å². The minimum Gasteiger partial charge on any atom is -0.225 e. The van der Waals surface area contributed by atoms with Gasteiger partial charge in [-0.15, -0.1) is 0 Å². The van der Waals surface area contributed by atoms with Crippen LogP contribution in [-0.4, -0.2) is 4.98 Å². The first kappa shape index (κ1) is 7.67. The number of aryl methyl sites for hydroxylation is 1. The van der Waals surface area contributed by atoms with Crippen molar-refractivity contribution in [2.75, 3.05) is 0 Å². The smallest absolute Gasteiger partial charge is 0.213 e. The molecule has 1 rings (SSSR count). The van der Waals surface area contributed by atoms with E-state index in [0.29, 0.717) is 11.3 Å². The minimum absolute atomic E-state index is 0.236. The minimum atomic E-state index is -0.518. The Kier molecular flexibility index (Phi) is 2.17. The summed E-state index contributed by atoms with van der Waals surface area (Å²) in [6.07, 6.45) is 0.236. The van der Waals surface area contributed by atoms with Crippen molar-refractivity contribution < 1.29 is 4.39 Å². The Balaban J connectivity index is 3.01. The summed E-state index contributed by atoms with van der Waals surface area (Å²) in [4.78, 5) is 3.54. The van der Waals surface area contributed by atoms with E-state index in [9.17, 15) is 4.39 Å². The van der Waals surface area contributed by atoms with Gasteiger partial charge in [0.15, 0.2) is 0 Å². The van der Waals surface area contributed by atoms with Crippen molar-refractivity contribution in [3.63, 3.8) is 0 Å². The predicted octanol–water partition coefficient (Wildman–Crippen LogP) is 1.60. The lowest BCUT2D eigenvalue weighted by atomic mass is 10.2. The summed E-state index contributed by atoms with van der Waals surface area (Å²) < 4.78 is 12.5. The lowest BCUT2D eigenvalue weighted by Gasteiger charge is -1.95. The maximum atomic E-state index is 12.5. The molecule has 0 aliphatic rings. The van der Waals surface area contributed by atoms with Crippen LogP contribution in [0.4, 0.5) is 4.39 Å². The highest BCUT2D eigenvalue weighted by Crippen LogP contribution is 2.04. The second kappa shape index (κ2) is 3.11. The number of nitrogens with zero attached hydrogens (tertiary/aromatic N) is 2. The Bertz CT molecular complexity index is 281. The molecule has 0 aliphatic heterocycles. The zero-order chi connectivity index (χ0) is 8.27. The zero-order valence-electron chi connectivity index (χ0n) is 6.13. The lowest BCUT2D eigenvalue weighted by Crippen LogP contribution is -1.90. The fourth-order valence-electron chi connectivity index (χ4n) is 0.889. The van der Waals surface area contributed by atoms with Crippen molar-refractivity contribution >= 4 is 0 Å². The van der Waals surface area contributed by atoms with Crippen LogP contribution < -0.4 is 0 Å². The topological polar surface area (TPSA) is 36.7 Å². The van der Waals surface area contributed by atoms with Gasteiger partial charge < -0.3 is 0 Å². The van der Waals surface area contributed by atoms with E-state index in [-0.39, 0.29) is 6.42 Å². The molecule has 3 heteroatoms. The molecule has 1 heterocycles. The summed E-state index contributed by atoms with van der Waals surface area (Å²) in [6, 6.07) is 4.92. The van der Waals surface area contributed by atoms with Gasteiger partial charge in [-0.1, -0.05) is 0 Å². The molecule has 11 heavy (non-hydrogen) atoms. The van der Waals surface area contributed by atoms with Crippen molar-refractivity contribution in [3.8, 4) is 6.07 Å². The largest absolute Gasteiger partial charge is 0.225 e. The van der Waals surface area contributed by atoms with Gasteiger partial charge in [0.1, 0.15) is 0 Å². The first-order chi connectivity index (χ1) is 5.22. The lowest BCUT2D eigenvalue weighted by molar-refractivity contribution is 0.578. The Morgan fingerprint density at radius 3 is 2.91 bits per heavy atom. The van der Waals surface area contributed by atoms with Crippen molar-refractivity contribution in [3.05, 3.63) is 29.3 Å². The molecule has 56 valence electrons. The number of rotatable bonds is 1. The van der Waals surface area contributed by atoms with Gasteiger partial charge in [-0.25, -0.2) is 4.98 Å². The van der Waals surface area contributed by atoms with Crippen LogP contribution in [0.1, 0.15) is 11.3 Å². The molecule has 0 saturated heterocycles. The molecule has 2 nitrogen and oxygen atoms in total. The second-order valence-electron chi connectivity index (χ2n) is 2.27. The number of pyridine rings is 1. The highest BCUT2D eigenvalue weighted by atomic mass is 19.1. The average molecular weight is 150 g/mol. The third-order valence-electron chi connectivity index (χ3n) is 1.27. The van der Waals surface area contributed by atoms with Gasteiger partial charge in [0, 0.05) is 5.69 Å². The third kappa shape index (κ3) is 2.01. The summed E-state index contributed by atoms with van der Waals surface area (Å²) in [7, 11) is 0. The van der Waals surface area contributed by atoms with Crippen molar-refractivity contribution in [1.82, 2.24) is 4.98 Å².